The molecule has 2 aliphatic heterocycles. The third-order valence-electron chi connectivity index (χ3n) is 8.02. The number of unbranched alkanes of at least 4 members (excludes halogenated alkanes) is 1. The second-order valence-electron chi connectivity index (χ2n) is 12.4. The van der Waals surface area contributed by atoms with Gasteiger partial charge in [0.05, 0.1) is 32.1 Å². The van der Waals surface area contributed by atoms with Crippen LogP contribution in [-0.4, -0.2) is 79.9 Å². The standard InChI is InChI=1S/C34H47N5O6.ClH/c1-7-43-27-19-23-20-39(32(35)29(23)37-30(27)33(42)36-6)21-26(40)22-17-24(34(3,4)5)31(25(18-22)38-14-10-11-15-38)45-16-12-9-13-28(41)44-8-2;/h17-19,35H,7-16,20-21H2,1-6H3,(H,36,42);1H. The number of amides is 1. The number of Topliss-reactive ketones (excluding diaryl/α,β-unsaturated/α-hetero) is 1. The number of ketones is 1. The Morgan fingerprint density at radius 2 is 1.74 bits per heavy atom. The molecular formula is C34H48ClN5O6. The van der Waals surface area contributed by atoms with E-state index in [4.69, 9.17) is 19.6 Å². The van der Waals surface area contributed by atoms with Gasteiger partial charge in [-0.05, 0) is 63.1 Å². The van der Waals surface area contributed by atoms with Crippen LogP contribution in [0.25, 0.3) is 0 Å². The first-order valence-corrected chi connectivity index (χ1v) is 16.0. The van der Waals surface area contributed by atoms with E-state index in [2.05, 4.69) is 36.0 Å². The van der Waals surface area contributed by atoms with Gasteiger partial charge in [-0.25, -0.2) is 4.98 Å². The molecule has 2 aromatic rings. The molecule has 0 bridgehead atoms. The maximum absolute atomic E-state index is 13.9. The Morgan fingerprint density at radius 3 is 2.37 bits per heavy atom. The van der Waals surface area contributed by atoms with E-state index >= 15 is 0 Å². The predicted molar refractivity (Wildman–Crippen MR) is 180 cm³/mol. The van der Waals surface area contributed by atoms with E-state index in [1.807, 2.05) is 19.1 Å². The lowest BCUT2D eigenvalue weighted by atomic mass is 9.84. The number of rotatable bonds is 14. The van der Waals surface area contributed by atoms with Gasteiger partial charge in [0.2, 0.25) is 0 Å². The lowest BCUT2D eigenvalue weighted by Crippen LogP contribution is -2.31. The number of fused-ring (bicyclic) bond motifs is 1. The molecule has 1 aromatic heterocycles. The van der Waals surface area contributed by atoms with E-state index in [9.17, 15) is 14.4 Å². The number of anilines is 1. The Labute approximate surface area is 278 Å². The summed E-state index contributed by atoms with van der Waals surface area (Å²) in [6, 6.07) is 5.61. The molecule has 0 saturated carbocycles. The fraction of sp³-hybridized carbons (Fsp3) is 0.559. The molecule has 0 unspecified atom stereocenters. The van der Waals surface area contributed by atoms with Crippen LogP contribution in [0, 0.1) is 5.41 Å². The zero-order valence-corrected chi connectivity index (χ0v) is 28.7. The van der Waals surface area contributed by atoms with Gasteiger partial charge >= 0.3 is 5.97 Å². The third kappa shape index (κ3) is 8.48. The van der Waals surface area contributed by atoms with Gasteiger partial charge in [-0.1, -0.05) is 20.8 Å². The van der Waals surface area contributed by atoms with Gasteiger partial charge in [-0.2, -0.15) is 0 Å². The molecule has 2 N–H and O–H groups in total. The van der Waals surface area contributed by atoms with Crippen molar-refractivity contribution < 1.29 is 28.6 Å². The molecule has 252 valence electrons. The molecule has 2 aliphatic rings. The number of ether oxygens (including phenoxy) is 3. The highest BCUT2D eigenvalue weighted by molar-refractivity contribution is 6.06. The first-order valence-electron chi connectivity index (χ1n) is 16.0. The van der Waals surface area contributed by atoms with Crippen LogP contribution in [0.1, 0.15) is 104 Å². The van der Waals surface area contributed by atoms with Gasteiger partial charge < -0.3 is 29.3 Å². The largest absolute Gasteiger partial charge is 0.491 e. The van der Waals surface area contributed by atoms with Crippen molar-refractivity contribution in [1.82, 2.24) is 15.2 Å². The Balaban J connectivity index is 0.00000576. The monoisotopic (exact) mass is 657 g/mol. The average Bonchev–Trinajstić information content (AvgIpc) is 3.64. The minimum absolute atomic E-state index is 0. The van der Waals surface area contributed by atoms with Crippen molar-refractivity contribution in [2.24, 2.45) is 0 Å². The quantitative estimate of drug-likeness (QED) is 0.158. The summed E-state index contributed by atoms with van der Waals surface area (Å²) < 4.78 is 17.2. The van der Waals surface area contributed by atoms with Crippen molar-refractivity contribution in [2.45, 2.75) is 78.7 Å². The summed E-state index contributed by atoms with van der Waals surface area (Å²) in [5.41, 5.74) is 3.35. The molecule has 0 aliphatic carbocycles. The molecule has 0 atom stereocenters. The second-order valence-corrected chi connectivity index (χ2v) is 12.4. The fourth-order valence-corrected chi connectivity index (χ4v) is 5.69. The van der Waals surface area contributed by atoms with Gasteiger partial charge in [0.25, 0.3) is 5.91 Å². The number of hydrogen-bond donors (Lipinski definition) is 2. The first-order chi connectivity index (χ1) is 21.5. The van der Waals surface area contributed by atoms with Crippen molar-refractivity contribution >= 4 is 41.6 Å². The number of halogens is 1. The number of pyridine rings is 1. The van der Waals surface area contributed by atoms with Crippen LogP contribution >= 0.6 is 12.4 Å². The van der Waals surface area contributed by atoms with Crippen LogP contribution in [0.2, 0.25) is 0 Å². The summed E-state index contributed by atoms with van der Waals surface area (Å²) in [6.45, 7) is 13.2. The Kier molecular flexibility index (Phi) is 12.8. The van der Waals surface area contributed by atoms with Crippen molar-refractivity contribution in [3.8, 4) is 11.5 Å². The molecule has 3 heterocycles. The van der Waals surface area contributed by atoms with Crippen molar-refractivity contribution in [3.05, 3.63) is 46.3 Å². The van der Waals surface area contributed by atoms with E-state index < -0.39 is 5.91 Å². The molecule has 1 aromatic carbocycles. The molecular weight excluding hydrogens is 610 g/mol. The molecule has 11 nitrogen and oxygen atoms in total. The number of aromatic nitrogens is 1. The number of nitrogens with zero attached hydrogens (tertiary/aromatic N) is 3. The maximum atomic E-state index is 13.9. The van der Waals surface area contributed by atoms with Crippen LogP contribution in [-0.2, 0) is 21.5 Å². The molecule has 4 rings (SSSR count). The zero-order valence-electron chi connectivity index (χ0n) is 27.9. The molecule has 1 saturated heterocycles. The van der Waals surface area contributed by atoms with Gasteiger partial charge in [0, 0.05) is 49.8 Å². The first kappa shape index (κ1) is 36.6. The molecule has 1 amide bonds. The smallest absolute Gasteiger partial charge is 0.305 e. The minimum atomic E-state index is -0.394. The van der Waals surface area contributed by atoms with E-state index in [0.717, 1.165) is 48.5 Å². The topological polar surface area (TPSA) is 134 Å². The summed E-state index contributed by atoms with van der Waals surface area (Å²) in [5.74, 6) is 0.543. The molecule has 0 spiro atoms. The predicted octanol–water partition coefficient (Wildman–Crippen LogP) is 5.30. The molecule has 46 heavy (non-hydrogen) atoms. The molecule has 1 fully saturated rings. The molecule has 12 heteroatoms. The second kappa shape index (κ2) is 16.1. The van der Waals surface area contributed by atoms with Crippen molar-refractivity contribution in [1.29, 1.82) is 5.41 Å². The highest BCUT2D eigenvalue weighted by Gasteiger charge is 2.32. The number of nitrogens with one attached hydrogen (secondary N) is 2. The van der Waals surface area contributed by atoms with E-state index in [1.165, 1.54) is 7.05 Å². The Hall–Kier alpha value is -3.86. The van der Waals surface area contributed by atoms with E-state index in [1.54, 1.807) is 17.9 Å². The zero-order chi connectivity index (χ0) is 32.7. The summed E-state index contributed by atoms with van der Waals surface area (Å²) in [7, 11) is 1.52. The highest BCUT2D eigenvalue weighted by atomic mass is 35.5. The number of carbonyl (C=O) groups is 3. The lowest BCUT2D eigenvalue weighted by molar-refractivity contribution is -0.143. The average molecular weight is 658 g/mol. The SMILES string of the molecule is CCOC(=O)CCCCOc1c(N2CCCC2)cc(C(=O)CN2Cc3cc(OCC)c(C(=O)NC)nc3C2=N)cc1C(C)(C)C.Cl. The minimum Gasteiger partial charge on any atom is -0.491 e. The molecule has 0 radical (unpaired) electrons. The summed E-state index contributed by atoms with van der Waals surface area (Å²) >= 11 is 0. The van der Waals surface area contributed by atoms with Gasteiger partial charge in [0.15, 0.2) is 17.2 Å². The fourth-order valence-electron chi connectivity index (χ4n) is 5.69. The number of benzene rings is 1. The third-order valence-corrected chi connectivity index (χ3v) is 8.02. The Bertz CT molecular complexity index is 1430. The van der Waals surface area contributed by atoms with Crippen LogP contribution in [0.15, 0.2) is 18.2 Å². The highest BCUT2D eigenvalue weighted by Crippen LogP contribution is 2.42. The number of carbonyl (C=O) groups excluding carboxylic acids is 3. The Morgan fingerprint density at radius 1 is 1.02 bits per heavy atom. The lowest BCUT2D eigenvalue weighted by Gasteiger charge is -2.30. The summed E-state index contributed by atoms with van der Waals surface area (Å²) in [5, 5.41) is 11.4. The maximum Gasteiger partial charge on any atom is 0.305 e. The summed E-state index contributed by atoms with van der Waals surface area (Å²) in [4.78, 5) is 46.6. The summed E-state index contributed by atoms with van der Waals surface area (Å²) in [6.07, 6.45) is 3.89. The normalized spacial score (nSPS) is 14.1. The van der Waals surface area contributed by atoms with Crippen LogP contribution in [0.5, 0.6) is 11.5 Å². The van der Waals surface area contributed by atoms with Gasteiger partial charge in [0.1, 0.15) is 17.3 Å². The van der Waals surface area contributed by atoms with Gasteiger partial charge in [-0.3, -0.25) is 19.8 Å². The van der Waals surface area contributed by atoms with Crippen LogP contribution in [0.3, 0.4) is 0 Å². The number of esters is 1. The number of amidine groups is 1. The van der Waals surface area contributed by atoms with Crippen molar-refractivity contribution in [2.75, 3.05) is 51.4 Å². The van der Waals surface area contributed by atoms with E-state index in [-0.39, 0.29) is 47.6 Å². The van der Waals surface area contributed by atoms with Gasteiger partial charge in [-0.15, -0.1) is 12.4 Å². The number of hydrogen-bond acceptors (Lipinski definition) is 9. The van der Waals surface area contributed by atoms with Crippen LogP contribution < -0.4 is 19.7 Å². The van der Waals surface area contributed by atoms with E-state index in [0.29, 0.717) is 62.6 Å². The van der Waals surface area contributed by atoms with Crippen LogP contribution in [0.4, 0.5) is 5.69 Å². The van der Waals surface area contributed by atoms with Crippen molar-refractivity contribution in [3.63, 3.8) is 0 Å².